The molecule has 144 valence electrons. The maximum Gasteiger partial charge on any atom is 0.249 e. The van der Waals surface area contributed by atoms with E-state index in [0.717, 1.165) is 37.8 Å². The van der Waals surface area contributed by atoms with Crippen LogP contribution in [0.1, 0.15) is 0 Å². The Kier molecular flexibility index (Phi) is 5.77. The molecule has 2 aromatic rings. The van der Waals surface area contributed by atoms with Gasteiger partial charge in [-0.15, -0.1) is 10.2 Å². The smallest absolute Gasteiger partial charge is 0.249 e. The number of benzene rings is 1. The maximum atomic E-state index is 6.27. The van der Waals surface area contributed by atoms with Gasteiger partial charge in [0.2, 0.25) is 5.95 Å². The first-order chi connectivity index (χ1) is 13.2. The molecule has 4 rings (SSSR count). The highest BCUT2D eigenvalue weighted by Crippen LogP contribution is 2.32. The summed E-state index contributed by atoms with van der Waals surface area (Å²) in [5.41, 5.74) is 0.637. The third kappa shape index (κ3) is 4.19. The molecular formula is C17H20Cl2N6O2. The minimum absolute atomic E-state index is 0.373. The SMILES string of the molecule is Clc1cccc(Nc2nnc(N3CCOCC3)c(N3CCOCC3)n2)c1Cl. The molecule has 2 aliphatic rings. The first kappa shape index (κ1) is 18.5. The second kappa shape index (κ2) is 8.43. The molecule has 10 heteroatoms. The van der Waals surface area contributed by atoms with E-state index >= 15 is 0 Å². The topological polar surface area (TPSA) is 75.6 Å². The van der Waals surface area contributed by atoms with Crippen LogP contribution in [0.2, 0.25) is 10.0 Å². The van der Waals surface area contributed by atoms with Gasteiger partial charge in [0, 0.05) is 26.2 Å². The van der Waals surface area contributed by atoms with Crippen molar-refractivity contribution in [1.29, 1.82) is 0 Å². The Morgan fingerprint density at radius 1 is 0.852 bits per heavy atom. The van der Waals surface area contributed by atoms with Gasteiger partial charge in [-0.25, -0.2) is 0 Å². The number of ether oxygens (including phenoxy) is 2. The van der Waals surface area contributed by atoms with Crippen LogP contribution < -0.4 is 15.1 Å². The molecule has 2 fully saturated rings. The summed E-state index contributed by atoms with van der Waals surface area (Å²) in [5, 5.41) is 12.7. The standard InChI is InChI=1S/C17H20Cl2N6O2/c18-12-2-1-3-13(14(12)19)20-17-21-15(24-4-8-26-9-5-24)16(22-23-17)25-6-10-27-11-7-25/h1-3H,4-11H2,(H,20,21,23). The van der Waals surface area contributed by atoms with Crippen molar-refractivity contribution in [2.75, 3.05) is 67.7 Å². The van der Waals surface area contributed by atoms with Crippen LogP contribution in [-0.4, -0.2) is 67.8 Å². The minimum atomic E-state index is 0.373. The van der Waals surface area contributed by atoms with E-state index in [2.05, 4.69) is 25.3 Å². The minimum Gasteiger partial charge on any atom is -0.378 e. The molecule has 0 amide bonds. The van der Waals surface area contributed by atoms with Crippen LogP contribution >= 0.6 is 23.2 Å². The van der Waals surface area contributed by atoms with Crippen molar-refractivity contribution >= 4 is 46.5 Å². The molecule has 0 atom stereocenters. The van der Waals surface area contributed by atoms with Gasteiger partial charge in [0.1, 0.15) is 0 Å². The molecule has 1 aromatic carbocycles. The number of aromatic nitrogens is 3. The lowest BCUT2D eigenvalue weighted by Gasteiger charge is -2.33. The number of nitrogens with one attached hydrogen (secondary N) is 1. The Labute approximate surface area is 167 Å². The molecule has 3 heterocycles. The van der Waals surface area contributed by atoms with Crippen LogP contribution in [0.15, 0.2) is 18.2 Å². The number of nitrogens with zero attached hydrogens (tertiary/aromatic N) is 5. The van der Waals surface area contributed by atoms with Gasteiger partial charge in [0.05, 0.1) is 42.2 Å². The molecule has 0 aliphatic carbocycles. The lowest BCUT2D eigenvalue weighted by atomic mass is 10.3. The van der Waals surface area contributed by atoms with Gasteiger partial charge in [-0.1, -0.05) is 29.3 Å². The fraction of sp³-hybridized carbons (Fsp3) is 0.471. The van der Waals surface area contributed by atoms with Crippen molar-refractivity contribution in [3.8, 4) is 0 Å². The Balaban J connectivity index is 1.66. The highest BCUT2D eigenvalue weighted by molar-refractivity contribution is 6.43. The molecule has 27 heavy (non-hydrogen) atoms. The molecule has 1 N–H and O–H groups in total. The van der Waals surface area contributed by atoms with Crippen molar-refractivity contribution < 1.29 is 9.47 Å². The predicted molar refractivity (Wildman–Crippen MR) is 106 cm³/mol. The monoisotopic (exact) mass is 410 g/mol. The van der Waals surface area contributed by atoms with Crippen LogP contribution in [-0.2, 0) is 9.47 Å². The zero-order valence-electron chi connectivity index (χ0n) is 14.7. The summed E-state index contributed by atoms with van der Waals surface area (Å²) in [6, 6.07) is 5.37. The van der Waals surface area contributed by atoms with E-state index in [-0.39, 0.29) is 0 Å². The Bertz CT molecular complexity index is 797. The fourth-order valence-electron chi connectivity index (χ4n) is 3.05. The molecule has 0 spiro atoms. The molecule has 2 saturated heterocycles. The summed E-state index contributed by atoms with van der Waals surface area (Å²) < 4.78 is 10.9. The van der Waals surface area contributed by atoms with E-state index in [1.165, 1.54) is 0 Å². The average molecular weight is 411 g/mol. The van der Waals surface area contributed by atoms with Gasteiger partial charge < -0.3 is 24.6 Å². The highest BCUT2D eigenvalue weighted by Gasteiger charge is 2.24. The fourth-order valence-corrected chi connectivity index (χ4v) is 3.40. The van der Waals surface area contributed by atoms with Gasteiger partial charge in [-0.2, -0.15) is 4.98 Å². The van der Waals surface area contributed by atoms with Crippen LogP contribution in [0.3, 0.4) is 0 Å². The van der Waals surface area contributed by atoms with Crippen molar-refractivity contribution in [1.82, 2.24) is 15.2 Å². The van der Waals surface area contributed by atoms with Crippen LogP contribution in [0.25, 0.3) is 0 Å². The zero-order chi connectivity index (χ0) is 18.6. The van der Waals surface area contributed by atoms with Crippen molar-refractivity contribution in [3.05, 3.63) is 28.2 Å². The number of halogens is 2. The van der Waals surface area contributed by atoms with Gasteiger partial charge >= 0.3 is 0 Å². The number of rotatable bonds is 4. The quantitative estimate of drug-likeness (QED) is 0.823. The molecule has 8 nitrogen and oxygen atoms in total. The van der Waals surface area contributed by atoms with E-state index < -0.39 is 0 Å². The first-order valence-electron chi connectivity index (χ1n) is 8.83. The van der Waals surface area contributed by atoms with E-state index in [9.17, 15) is 0 Å². The molecule has 0 saturated carbocycles. The van der Waals surface area contributed by atoms with Crippen LogP contribution in [0.4, 0.5) is 23.3 Å². The number of hydrogen-bond donors (Lipinski definition) is 1. The predicted octanol–water partition coefficient (Wildman–Crippen LogP) is 2.60. The van der Waals surface area contributed by atoms with E-state index in [0.29, 0.717) is 48.1 Å². The summed E-state index contributed by atoms with van der Waals surface area (Å²) in [4.78, 5) is 9.07. The second-order valence-corrected chi connectivity index (χ2v) is 6.99. The van der Waals surface area contributed by atoms with Crippen molar-refractivity contribution in [2.24, 2.45) is 0 Å². The van der Waals surface area contributed by atoms with Crippen molar-refractivity contribution in [2.45, 2.75) is 0 Å². The van der Waals surface area contributed by atoms with Crippen LogP contribution in [0.5, 0.6) is 0 Å². The van der Waals surface area contributed by atoms with Gasteiger partial charge in [-0.05, 0) is 12.1 Å². The lowest BCUT2D eigenvalue weighted by molar-refractivity contribution is 0.120. The molecule has 0 bridgehead atoms. The Morgan fingerprint density at radius 3 is 2.15 bits per heavy atom. The lowest BCUT2D eigenvalue weighted by Crippen LogP contribution is -2.41. The maximum absolute atomic E-state index is 6.27. The summed E-state index contributed by atoms with van der Waals surface area (Å²) in [5.74, 6) is 1.93. The molecule has 2 aliphatic heterocycles. The normalized spacial score (nSPS) is 17.9. The van der Waals surface area contributed by atoms with Crippen molar-refractivity contribution in [3.63, 3.8) is 0 Å². The zero-order valence-corrected chi connectivity index (χ0v) is 16.2. The van der Waals surface area contributed by atoms with E-state index in [1.807, 2.05) is 12.1 Å². The summed E-state index contributed by atoms with van der Waals surface area (Å²) in [6.07, 6.45) is 0. The molecule has 0 radical (unpaired) electrons. The molecule has 1 aromatic heterocycles. The Hall–Kier alpha value is -1.87. The summed E-state index contributed by atoms with van der Waals surface area (Å²) in [6.45, 7) is 5.71. The first-order valence-corrected chi connectivity index (χ1v) is 9.59. The summed E-state index contributed by atoms with van der Waals surface area (Å²) in [7, 11) is 0. The second-order valence-electron chi connectivity index (χ2n) is 6.21. The number of hydrogen-bond acceptors (Lipinski definition) is 8. The highest BCUT2D eigenvalue weighted by atomic mass is 35.5. The van der Waals surface area contributed by atoms with E-state index in [4.69, 9.17) is 37.7 Å². The molecular weight excluding hydrogens is 391 g/mol. The Morgan fingerprint density at radius 2 is 1.48 bits per heavy atom. The van der Waals surface area contributed by atoms with Gasteiger partial charge in [0.25, 0.3) is 0 Å². The van der Waals surface area contributed by atoms with Gasteiger partial charge in [-0.3, -0.25) is 0 Å². The largest absolute Gasteiger partial charge is 0.378 e. The average Bonchev–Trinajstić information content (AvgIpc) is 2.73. The molecule has 0 unspecified atom stereocenters. The number of morpholine rings is 2. The number of anilines is 4. The van der Waals surface area contributed by atoms with Gasteiger partial charge in [0.15, 0.2) is 11.6 Å². The van der Waals surface area contributed by atoms with E-state index in [1.54, 1.807) is 6.07 Å². The summed E-state index contributed by atoms with van der Waals surface area (Å²) >= 11 is 12.4. The third-order valence-corrected chi connectivity index (χ3v) is 5.29. The van der Waals surface area contributed by atoms with Crippen LogP contribution in [0, 0.1) is 0 Å². The third-order valence-electron chi connectivity index (χ3n) is 4.47.